The van der Waals surface area contributed by atoms with Gasteiger partial charge in [0.1, 0.15) is 24.2 Å². The molecule has 222 valence electrons. The molecule has 1 amide bonds. The Kier molecular flexibility index (Phi) is 8.79. The molecule has 6 rings (SSSR count). The summed E-state index contributed by atoms with van der Waals surface area (Å²) in [6, 6.07) is 20.2. The average Bonchev–Trinajstić information content (AvgIpc) is 3.36. The van der Waals surface area contributed by atoms with Crippen LogP contribution in [0.15, 0.2) is 66.7 Å². The summed E-state index contributed by atoms with van der Waals surface area (Å²) in [6.45, 7) is 5.27. The van der Waals surface area contributed by atoms with Crippen LogP contribution in [0.1, 0.15) is 29.5 Å². The molecule has 2 fully saturated rings. The van der Waals surface area contributed by atoms with E-state index in [1.165, 1.54) is 5.56 Å². The van der Waals surface area contributed by atoms with E-state index < -0.39 is 12.2 Å². The highest BCUT2D eigenvalue weighted by Gasteiger charge is 2.46. The minimum Gasteiger partial charge on any atom is -0.491 e. The van der Waals surface area contributed by atoms with Gasteiger partial charge in [-0.2, -0.15) is 0 Å². The van der Waals surface area contributed by atoms with Crippen LogP contribution in [0.4, 0.5) is 10.5 Å². The van der Waals surface area contributed by atoms with Gasteiger partial charge in [0.15, 0.2) is 0 Å². The third kappa shape index (κ3) is 6.48. The number of aliphatic hydroxyl groups excluding tert-OH is 1. The van der Waals surface area contributed by atoms with Gasteiger partial charge < -0.3 is 24.8 Å². The summed E-state index contributed by atoms with van der Waals surface area (Å²) in [7, 11) is 2.12. The third-order valence-corrected chi connectivity index (χ3v) is 8.99. The number of anilines is 1. The Morgan fingerprint density at radius 2 is 1.64 bits per heavy atom. The lowest BCUT2D eigenvalue weighted by atomic mass is 9.81. The number of ether oxygens (including phenoxy) is 2. The van der Waals surface area contributed by atoms with Crippen molar-refractivity contribution in [3.05, 3.63) is 87.9 Å². The smallest absolute Gasteiger partial charge is 0.415 e. The molecule has 2 saturated heterocycles. The van der Waals surface area contributed by atoms with E-state index in [1.54, 1.807) is 29.2 Å². The molecule has 42 heavy (non-hydrogen) atoms. The van der Waals surface area contributed by atoms with Crippen LogP contribution in [-0.2, 0) is 0 Å². The van der Waals surface area contributed by atoms with Crippen molar-refractivity contribution in [1.29, 1.82) is 0 Å². The van der Waals surface area contributed by atoms with E-state index in [2.05, 4.69) is 22.2 Å². The van der Waals surface area contributed by atoms with Gasteiger partial charge >= 0.3 is 6.09 Å². The van der Waals surface area contributed by atoms with Gasteiger partial charge in [0.05, 0.1) is 12.1 Å². The van der Waals surface area contributed by atoms with Gasteiger partial charge in [-0.25, -0.2) is 4.79 Å². The quantitative estimate of drug-likeness (QED) is 0.365. The molecule has 0 aromatic heterocycles. The zero-order valence-electron chi connectivity index (χ0n) is 23.6. The van der Waals surface area contributed by atoms with Crippen molar-refractivity contribution in [2.45, 2.75) is 30.5 Å². The lowest BCUT2D eigenvalue weighted by Gasteiger charge is -2.42. The number of benzene rings is 3. The lowest BCUT2D eigenvalue weighted by Crippen LogP contribution is -2.50. The first-order valence-electron chi connectivity index (χ1n) is 14.5. The molecule has 0 aliphatic carbocycles. The van der Waals surface area contributed by atoms with E-state index in [1.807, 2.05) is 42.5 Å². The van der Waals surface area contributed by atoms with Gasteiger partial charge in [-0.3, -0.25) is 9.80 Å². The Morgan fingerprint density at radius 3 is 2.38 bits per heavy atom. The maximum absolute atomic E-state index is 13.5. The Bertz CT molecular complexity index is 1380. The number of amides is 1. The monoisotopic (exact) mass is 610 g/mol. The number of piperidine rings is 1. The number of nitrogens with one attached hydrogen (secondary N) is 1. The fourth-order valence-corrected chi connectivity index (χ4v) is 6.59. The van der Waals surface area contributed by atoms with Crippen molar-refractivity contribution in [2.75, 3.05) is 58.2 Å². The molecule has 0 spiro atoms. The molecule has 3 aromatic rings. The van der Waals surface area contributed by atoms with Crippen LogP contribution in [0.2, 0.25) is 10.0 Å². The highest BCUT2D eigenvalue weighted by molar-refractivity contribution is 6.31. The number of aliphatic hydroxyl groups is 1. The van der Waals surface area contributed by atoms with E-state index in [4.69, 9.17) is 32.7 Å². The van der Waals surface area contributed by atoms with Crippen LogP contribution in [0.3, 0.4) is 0 Å². The number of fused-ring (bicyclic) bond motifs is 3. The molecule has 0 saturated carbocycles. The molecule has 3 aliphatic heterocycles. The van der Waals surface area contributed by atoms with Crippen molar-refractivity contribution in [1.82, 2.24) is 14.7 Å². The second-order valence-corrected chi connectivity index (χ2v) is 12.3. The Morgan fingerprint density at radius 1 is 0.952 bits per heavy atom. The van der Waals surface area contributed by atoms with E-state index in [-0.39, 0.29) is 24.6 Å². The number of rotatable bonds is 7. The van der Waals surface area contributed by atoms with Crippen molar-refractivity contribution in [3.8, 4) is 11.5 Å². The minimum absolute atomic E-state index is 0.0536. The molecule has 2 N–H and O–H groups in total. The lowest BCUT2D eigenvalue weighted by molar-refractivity contribution is 0.0504. The molecule has 3 aromatic carbocycles. The van der Waals surface area contributed by atoms with Crippen LogP contribution in [0, 0.1) is 0 Å². The first kappa shape index (κ1) is 29.1. The van der Waals surface area contributed by atoms with Crippen molar-refractivity contribution < 1.29 is 19.4 Å². The van der Waals surface area contributed by atoms with Crippen LogP contribution in [-0.4, -0.2) is 91.0 Å². The number of nitrogens with zero attached hydrogens (tertiary/aromatic N) is 3. The number of carbonyl (C=O) groups excluding carboxylic acids is 1. The van der Waals surface area contributed by atoms with Gasteiger partial charge in [-0.15, -0.1) is 0 Å². The average molecular weight is 612 g/mol. The van der Waals surface area contributed by atoms with Crippen LogP contribution in [0.5, 0.6) is 11.5 Å². The topological polar surface area (TPSA) is 77.5 Å². The first-order valence-corrected chi connectivity index (χ1v) is 15.2. The zero-order valence-corrected chi connectivity index (χ0v) is 25.1. The van der Waals surface area contributed by atoms with Gasteiger partial charge in [0, 0.05) is 60.9 Å². The number of halogens is 2. The SMILES string of the molecule is CN1CCN(CC(O)COc2ccc(C3C4Nc5ccc(Cl)cc5C4CCN3C(=O)Oc3ccc(Cl)cc3)cc2)CC1. The Balaban J connectivity index is 1.17. The van der Waals surface area contributed by atoms with Gasteiger partial charge in [0.25, 0.3) is 0 Å². The predicted molar refractivity (Wildman–Crippen MR) is 165 cm³/mol. The third-order valence-electron chi connectivity index (χ3n) is 8.51. The second-order valence-electron chi connectivity index (χ2n) is 11.4. The number of likely N-dealkylation sites (N-methyl/N-ethyl adjacent to an activating group) is 1. The number of carbonyl (C=O) groups is 1. The number of likely N-dealkylation sites (tertiary alicyclic amines) is 1. The molecule has 0 radical (unpaired) electrons. The molecule has 8 nitrogen and oxygen atoms in total. The van der Waals surface area contributed by atoms with Gasteiger partial charge in [-0.1, -0.05) is 35.3 Å². The zero-order chi connectivity index (χ0) is 29.2. The van der Waals surface area contributed by atoms with Gasteiger partial charge in [-0.05, 0) is 79.2 Å². The molecule has 3 heterocycles. The van der Waals surface area contributed by atoms with Crippen LogP contribution in [0.25, 0.3) is 0 Å². The summed E-state index contributed by atoms with van der Waals surface area (Å²) in [5.41, 5.74) is 3.19. The Labute approximate surface area is 256 Å². The fraction of sp³-hybridized carbons (Fsp3) is 0.406. The summed E-state index contributed by atoms with van der Waals surface area (Å²) >= 11 is 12.4. The van der Waals surface area contributed by atoms with Crippen molar-refractivity contribution in [3.63, 3.8) is 0 Å². The van der Waals surface area contributed by atoms with E-state index in [0.29, 0.717) is 34.6 Å². The van der Waals surface area contributed by atoms with Crippen LogP contribution < -0.4 is 14.8 Å². The van der Waals surface area contributed by atoms with Crippen molar-refractivity contribution in [2.24, 2.45) is 0 Å². The van der Waals surface area contributed by atoms with Gasteiger partial charge in [0.2, 0.25) is 0 Å². The van der Waals surface area contributed by atoms with E-state index in [9.17, 15) is 9.90 Å². The normalized spacial score (nSPS) is 23.0. The summed E-state index contributed by atoms with van der Waals surface area (Å²) in [5.74, 6) is 1.32. The summed E-state index contributed by atoms with van der Waals surface area (Å²) < 4.78 is 11.7. The molecule has 10 heteroatoms. The molecular formula is C32H36Cl2N4O4. The number of hydrogen-bond donors (Lipinski definition) is 2. The molecule has 0 bridgehead atoms. The Hall–Kier alpha value is -3.01. The maximum atomic E-state index is 13.5. The van der Waals surface area contributed by atoms with Crippen molar-refractivity contribution >= 4 is 35.0 Å². The van der Waals surface area contributed by atoms with E-state index in [0.717, 1.165) is 43.9 Å². The van der Waals surface area contributed by atoms with E-state index >= 15 is 0 Å². The fourth-order valence-electron chi connectivity index (χ4n) is 6.28. The number of β-amino-alcohol motifs (C(OH)–C–C–N with tert-alkyl or cyclic N) is 1. The number of piperazine rings is 1. The largest absolute Gasteiger partial charge is 0.491 e. The predicted octanol–water partition coefficient (Wildman–Crippen LogP) is 5.50. The maximum Gasteiger partial charge on any atom is 0.415 e. The molecule has 4 unspecified atom stereocenters. The molecule has 4 atom stereocenters. The number of hydrogen-bond acceptors (Lipinski definition) is 7. The summed E-state index contributed by atoms with van der Waals surface area (Å²) in [4.78, 5) is 19.9. The summed E-state index contributed by atoms with van der Waals surface area (Å²) in [6.07, 6.45) is -0.203. The standard InChI is InChI=1S/C32H36Cl2N4O4/c1-36-14-16-37(17-15-36)19-24(39)20-41-25-7-2-21(3-8-25)31-30-27(28-18-23(34)6-11-29(28)35-30)12-13-38(31)32(40)42-26-9-4-22(33)5-10-26/h2-11,18,24,27,30-31,35,39H,12-17,19-20H2,1H3. The highest BCUT2D eigenvalue weighted by atomic mass is 35.5. The molecular weight excluding hydrogens is 575 g/mol. The first-order chi connectivity index (χ1) is 20.3. The molecule has 3 aliphatic rings. The van der Waals surface area contributed by atoms with Crippen LogP contribution >= 0.6 is 23.2 Å². The highest BCUT2D eigenvalue weighted by Crippen LogP contribution is 2.48. The minimum atomic E-state index is -0.571. The summed E-state index contributed by atoms with van der Waals surface area (Å²) in [5, 5.41) is 15.5. The second kappa shape index (κ2) is 12.7.